The summed E-state index contributed by atoms with van der Waals surface area (Å²) in [4.78, 5) is 14.2. The monoisotopic (exact) mass is 252 g/mol. The molecule has 1 aromatic rings. The molecule has 0 amide bonds. The van der Waals surface area contributed by atoms with E-state index in [-0.39, 0.29) is 17.7 Å². The normalized spacial score (nSPS) is 15.3. The summed E-state index contributed by atoms with van der Waals surface area (Å²) in [5.41, 5.74) is -0.546. The molecular formula is C12H16N2O4. The molecule has 0 aromatic carbocycles. The number of ether oxygens (including phenoxy) is 2. The SMILES string of the molecule is CC(C)(C)Oc1c(OC2CC2)ccnc1[N+](=O)[O-]. The van der Waals surface area contributed by atoms with E-state index in [1.807, 2.05) is 20.8 Å². The van der Waals surface area contributed by atoms with Crippen LogP contribution in [0.2, 0.25) is 0 Å². The summed E-state index contributed by atoms with van der Waals surface area (Å²) in [6.45, 7) is 5.47. The first kappa shape index (κ1) is 12.6. The lowest BCUT2D eigenvalue weighted by Gasteiger charge is -2.22. The Labute approximate surface area is 105 Å². The predicted molar refractivity (Wildman–Crippen MR) is 64.9 cm³/mol. The van der Waals surface area contributed by atoms with E-state index in [4.69, 9.17) is 9.47 Å². The maximum Gasteiger partial charge on any atom is 0.410 e. The number of hydrogen-bond donors (Lipinski definition) is 0. The van der Waals surface area contributed by atoms with E-state index in [0.717, 1.165) is 12.8 Å². The van der Waals surface area contributed by atoms with E-state index in [2.05, 4.69) is 4.98 Å². The lowest BCUT2D eigenvalue weighted by Crippen LogP contribution is -2.24. The molecule has 18 heavy (non-hydrogen) atoms. The lowest BCUT2D eigenvalue weighted by molar-refractivity contribution is -0.391. The first-order valence-electron chi connectivity index (χ1n) is 5.86. The smallest absolute Gasteiger partial charge is 0.410 e. The standard InChI is InChI=1S/C12H16N2O4/c1-12(2,3)18-10-9(17-8-4-5-8)6-7-13-11(10)14(15)16/h6-8H,4-5H2,1-3H3. The van der Waals surface area contributed by atoms with Crippen LogP contribution in [0.25, 0.3) is 0 Å². The van der Waals surface area contributed by atoms with Crippen LogP contribution in [-0.4, -0.2) is 21.6 Å². The van der Waals surface area contributed by atoms with Crippen molar-refractivity contribution in [2.24, 2.45) is 0 Å². The second kappa shape index (κ2) is 4.44. The minimum absolute atomic E-state index is 0.113. The van der Waals surface area contributed by atoms with Gasteiger partial charge < -0.3 is 19.6 Å². The minimum atomic E-state index is -0.555. The molecule has 0 bridgehead atoms. The van der Waals surface area contributed by atoms with Crippen molar-refractivity contribution >= 4 is 5.82 Å². The Bertz CT molecular complexity index is 464. The third-order valence-electron chi connectivity index (χ3n) is 2.25. The molecule has 0 saturated heterocycles. The third-order valence-corrected chi connectivity index (χ3v) is 2.25. The molecule has 6 heteroatoms. The summed E-state index contributed by atoms with van der Waals surface area (Å²) >= 11 is 0. The molecule has 0 atom stereocenters. The quantitative estimate of drug-likeness (QED) is 0.608. The van der Waals surface area contributed by atoms with Gasteiger partial charge in [-0.15, -0.1) is 0 Å². The average Bonchev–Trinajstić information content (AvgIpc) is 3.02. The first-order chi connectivity index (χ1) is 8.37. The zero-order chi connectivity index (χ0) is 13.3. The van der Waals surface area contributed by atoms with Gasteiger partial charge in [-0.2, -0.15) is 0 Å². The number of rotatable bonds is 4. The van der Waals surface area contributed by atoms with Crippen LogP contribution in [0.4, 0.5) is 5.82 Å². The van der Waals surface area contributed by atoms with Crippen LogP contribution in [0.1, 0.15) is 33.6 Å². The molecule has 98 valence electrons. The molecule has 0 N–H and O–H groups in total. The number of pyridine rings is 1. The van der Waals surface area contributed by atoms with Gasteiger partial charge in [-0.05, 0) is 43.5 Å². The molecule has 6 nitrogen and oxygen atoms in total. The number of hydrogen-bond acceptors (Lipinski definition) is 5. The molecule has 1 heterocycles. The summed E-state index contributed by atoms with van der Waals surface area (Å²) in [7, 11) is 0. The third kappa shape index (κ3) is 3.09. The average molecular weight is 252 g/mol. The predicted octanol–water partition coefficient (Wildman–Crippen LogP) is 2.71. The van der Waals surface area contributed by atoms with E-state index in [1.165, 1.54) is 6.20 Å². The van der Waals surface area contributed by atoms with Gasteiger partial charge in [0, 0.05) is 6.07 Å². The molecule has 0 aliphatic heterocycles. The fraction of sp³-hybridized carbons (Fsp3) is 0.583. The molecule has 1 saturated carbocycles. The number of nitro groups is 1. The largest absolute Gasteiger partial charge is 0.486 e. The Hall–Kier alpha value is -1.85. The van der Waals surface area contributed by atoms with Crippen LogP contribution in [0, 0.1) is 10.1 Å². The molecule has 1 aliphatic rings. The van der Waals surface area contributed by atoms with Gasteiger partial charge in [0.25, 0.3) is 5.75 Å². The van der Waals surface area contributed by atoms with Gasteiger partial charge in [0.05, 0.1) is 6.10 Å². The van der Waals surface area contributed by atoms with E-state index in [0.29, 0.717) is 5.75 Å². The Morgan fingerprint density at radius 2 is 2.11 bits per heavy atom. The van der Waals surface area contributed by atoms with Crippen LogP contribution >= 0.6 is 0 Å². The van der Waals surface area contributed by atoms with Gasteiger partial charge >= 0.3 is 5.82 Å². The fourth-order valence-corrected chi connectivity index (χ4v) is 1.41. The Balaban J connectivity index is 2.37. The van der Waals surface area contributed by atoms with E-state index in [9.17, 15) is 10.1 Å². The molecule has 0 unspecified atom stereocenters. The van der Waals surface area contributed by atoms with E-state index in [1.54, 1.807) is 6.07 Å². The van der Waals surface area contributed by atoms with Crippen molar-refractivity contribution in [1.29, 1.82) is 0 Å². The fourth-order valence-electron chi connectivity index (χ4n) is 1.41. The molecule has 1 aliphatic carbocycles. The summed E-state index contributed by atoms with van der Waals surface area (Å²) in [6, 6.07) is 1.60. The van der Waals surface area contributed by atoms with Gasteiger partial charge in [0.2, 0.25) is 0 Å². The maximum absolute atomic E-state index is 11.0. The lowest BCUT2D eigenvalue weighted by atomic mass is 10.2. The van der Waals surface area contributed by atoms with Crippen LogP contribution in [-0.2, 0) is 0 Å². The highest BCUT2D eigenvalue weighted by molar-refractivity contribution is 5.51. The van der Waals surface area contributed by atoms with Crippen molar-refractivity contribution in [2.45, 2.75) is 45.3 Å². The van der Waals surface area contributed by atoms with Gasteiger partial charge in [0.15, 0.2) is 5.75 Å². The molecule has 0 radical (unpaired) electrons. The minimum Gasteiger partial charge on any atom is -0.486 e. The summed E-state index contributed by atoms with van der Waals surface area (Å²) < 4.78 is 11.2. The van der Waals surface area contributed by atoms with Gasteiger partial charge in [-0.25, -0.2) is 0 Å². The van der Waals surface area contributed by atoms with Crippen molar-refractivity contribution in [3.05, 3.63) is 22.4 Å². The van der Waals surface area contributed by atoms with Crippen molar-refractivity contribution < 1.29 is 14.4 Å². The number of aromatic nitrogens is 1. The van der Waals surface area contributed by atoms with Crippen molar-refractivity contribution in [1.82, 2.24) is 4.98 Å². The van der Waals surface area contributed by atoms with Crippen molar-refractivity contribution in [3.63, 3.8) is 0 Å². The van der Waals surface area contributed by atoms with Crippen LogP contribution in [0.5, 0.6) is 11.5 Å². The highest BCUT2D eigenvalue weighted by atomic mass is 16.6. The highest BCUT2D eigenvalue weighted by Gasteiger charge is 2.31. The maximum atomic E-state index is 11.0. The Morgan fingerprint density at radius 1 is 1.44 bits per heavy atom. The highest BCUT2D eigenvalue weighted by Crippen LogP contribution is 2.40. The first-order valence-corrected chi connectivity index (χ1v) is 5.86. The molecular weight excluding hydrogens is 236 g/mol. The molecule has 1 aromatic heterocycles. The zero-order valence-electron chi connectivity index (χ0n) is 10.7. The van der Waals surface area contributed by atoms with Crippen LogP contribution < -0.4 is 9.47 Å². The second-order valence-electron chi connectivity index (χ2n) is 5.25. The van der Waals surface area contributed by atoms with Crippen LogP contribution in [0.3, 0.4) is 0 Å². The Kier molecular flexibility index (Phi) is 3.11. The molecule has 2 rings (SSSR count). The Morgan fingerprint density at radius 3 is 2.61 bits per heavy atom. The molecule has 0 spiro atoms. The summed E-state index contributed by atoms with van der Waals surface area (Å²) in [6.07, 6.45) is 3.47. The second-order valence-corrected chi connectivity index (χ2v) is 5.25. The van der Waals surface area contributed by atoms with Crippen molar-refractivity contribution in [2.75, 3.05) is 0 Å². The van der Waals surface area contributed by atoms with Crippen LogP contribution in [0.15, 0.2) is 12.3 Å². The van der Waals surface area contributed by atoms with E-state index >= 15 is 0 Å². The van der Waals surface area contributed by atoms with Gasteiger partial charge in [-0.1, -0.05) is 0 Å². The topological polar surface area (TPSA) is 74.5 Å². The molecule has 1 fully saturated rings. The summed E-state index contributed by atoms with van der Waals surface area (Å²) in [5.74, 6) is 0.208. The number of nitrogens with zero attached hydrogens (tertiary/aromatic N) is 2. The van der Waals surface area contributed by atoms with E-state index < -0.39 is 10.5 Å². The summed E-state index contributed by atoms with van der Waals surface area (Å²) in [5, 5.41) is 11.0. The van der Waals surface area contributed by atoms with Crippen molar-refractivity contribution in [3.8, 4) is 11.5 Å². The van der Waals surface area contributed by atoms with Gasteiger partial charge in [0.1, 0.15) is 11.8 Å². The zero-order valence-corrected chi connectivity index (χ0v) is 10.7. The van der Waals surface area contributed by atoms with Gasteiger partial charge in [-0.3, -0.25) is 0 Å².